The molecule has 1 aliphatic rings. The summed E-state index contributed by atoms with van der Waals surface area (Å²) in [6, 6.07) is 3.25. The minimum absolute atomic E-state index is 0.0989. The molecular weight excluding hydrogens is 282 g/mol. The van der Waals surface area contributed by atoms with Crippen molar-refractivity contribution >= 4 is 5.95 Å². The predicted molar refractivity (Wildman–Crippen MR) is 82.7 cm³/mol. The average molecular weight is 301 g/mol. The lowest BCUT2D eigenvalue weighted by Crippen LogP contribution is -2.44. The molecule has 0 aliphatic carbocycles. The van der Waals surface area contributed by atoms with E-state index in [4.69, 9.17) is 4.74 Å². The van der Waals surface area contributed by atoms with Crippen LogP contribution in [0.1, 0.15) is 13.3 Å². The lowest BCUT2D eigenvalue weighted by atomic mass is 10.2. The molecular formula is C15H19N5O2. The Morgan fingerprint density at radius 2 is 2.27 bits per heavy atom. The Morgan fingerprint density at radius 1 is 1.41 bits per heavy atom. The Kier molecular flexibility index (Phi) is 4.15. The van der Waals surface area contributed by atoms with Crippen molar-refractivity contribution in [2.24, 2.45) is 7.05 Å². The van der Waals surface area contributed by atoms with E-state index in [2.05, 4.69) is 26.8 Å². The largest absolute Gasteiger partial charge is 0.375 e. The minimum Gasteiger partial charge on any atom is -0.375 e. The van der Waals surface area contributed by atoms with Crippen LogP contribution in [-0.2, 0) is 11.8 Å². The maximum atomic E-state index is 12.2. The van der Waals surface area contributed by atoms with Crippen molar-refractivity contribution in [1.82, 2.24) is 19.5 Å². The lowest BCUT2D eigenvalue weighted by Gasteiger charge is -2.34. The fourth-order valence-corrected chi connectivity index (χ4v) is 2.53. The summed E-state index contributed by atoms with van der Waals surface area (Å²) < 4.78 is 7.26. The second kappa shape index (κ2) is 6.23. The minimum atomic E-state index is -0.0989. The van der Waals surface area contributed by atoms with Gasteiger partial charge in [0.2, 0.25) is 5.95 Å². The zero-order valence-electron chi connectivity index (χ0n) is 12.8. The SMILES string of the molecule is CCC1CN(c2nc(-c3ccncn3)cc(=O)n2C)CCO1. The highest BCUT2D eigenvalue weighted by atomic mass is 16.5. The third-order valence-electron chi connectivity index (χ3n) is 3.83. The lowest BCUT2D eigenvalue weighted by molar-refractivity contribution is 0.0376. The molecule has 1 aliphatic heterocycles. The molecule has 7 nitrogen and oxygen atoms in total. The number of nitrogens with zero attached hydrogens (tertiary/aromatic N) is 5. The molecule has 0 bridgehead atoms. The van der Waals surface area contributed by atoms with Gasteiger partial charge in [-0.25, -0.2) is 15.0 Å². The zero-order chi connectivity index (χ0) is 15.5. The summed E-state index contributed by atoms with van der Waals surface area (Å²) >= 11 is 0. The Labute approximate surface area is 128 Å². The smallest absolute Gasteiger partial charge is 0.255 e. The molecule has 0 spiro atoms. The molecule has 3 heterocycles. The van der Waals surface area contributed by atoms with Gasteiger partial charge in [-0.3, -0.25) is 9.36 Å². The van der Waals surface area contributed by atoms with Crippen molar-refractivity contribution in [3.63, 3.8) is 0 Å². The summed E-state index contributed by atoms with van der Waals surface area (Å²) in [6.07, 6.45) is 4.21. The van der Waals surface area contributed by atoms with Crippen LogP contribution in [0, 0.1) is 0 Å². The Hall–Kier alpha value is -2.28. The molecule has 0 amide bonds. The standard InChI is InChI=1S/C15H19N5O2/c1-3-11-9-20(6-7-22-11)15-18-13(8-14(21)19(15)2)12-4-5-16-10-17-12/h4-5,8,10-11H,3,6-7,9H2,1-2H3. The summed E-state index contributed by atoms with van der Waals surface area (Å²) in [7, 11) is 1.74. The van der Waals surface area contributed by atoms with Crippen molar-refractivity contribution in [3.05, 3.63) is 35.0 Å². The van der Waals surface area contributed by atoms with Gasteiger partial charge in [-0.15, -0.1) is 0 Å². The summed E-state index contributed by atoms with van der Waals surface area (Å²) in [6.45, 7) is 4.21. The predicted octanol–water partition coefficient (Wildman–Crippen LogP) is 0.852. The highest BCUT2D eigenvalue weighted by molar-refractivity contribution is 5.55. The van der Waals surface area contributed by atoms with Gasteiger partial charge < -0.3 is 9.64 Å². The van der Waals surface area contributed by atoms with E-state index < -0.39 is 0 Å². The molecule has 116 valence electrons. The van der Waals surface area contributed by atoms with E-state index in [1.54, 1.807) is 23.9 Å². The maximum Gasteiger partial charge on any atom is 0.255 e. The van der Waals surface area contributed by atoms with Crippen LogP contribution in [0.3, 0.4) is 0 Å². The van der Waals surface area contributed by atoms with Crippen molar-refractivity contribution in [1.29, 1.82) is 0 Å². The molecule has 0 aromatic carbocycles. The number of anilines is 1. The molecule has 0 radical (unpaired) electrons. The van der Waals surface area contributed by atoms with Gasteiger partial charge in [0, 0.05) is 32.4 Å². The molecule has 2 aromatic heterocycles. The molecule has 0 saturated carbocycles. The first-order valence-electron chi connectivity index (χ1n) is 7.40. The number of hydrogen-bond donors (Lipinski definition) is 0. The van der Waals surface area contributed by atoms with Crippen LogP contribution in [0.15, 0.2) is 29.5 Å². The van der Waals surface area contributed by atoms with Crippen molar-refractivity contribution < 1.29 is 4.74 Å². The van der Waals surface area contributed by atoms with Gasteiger partial charge in [-0.2, -0.15) is 0 Å². The second-order valence-electron chi connectivity index (χ2n) is 5.28. The van der Waals surface area contributed by atoms with Crippen molar-refractivity contribution in [2.75, 3.05) is 24.6 Å². The van der Waals surface area contributed by atoms with Crippen LogP contribution in [0.2, 0.25) is 0 Å². The quantitative estimate of drug-likeness (QED) is 0.837. The number of aromatic nitrogens is 4. The fraction of sp³-hybridized carbons (Fsp3) is 0.467. The first-order chi connectivity index (χ1) is 10.7. The van der Waals surface area contributed by atoms with Gasteiger partial charge in [-0.1, -0.05) is 6.92 Å². The third-order valence-corrected chi connectivity index (χ3v) is 3.83. The van der Waals surface area contributed by atoms with Gasteiger partial charge in [0.05, 0.1) is 24.1 Å². The molecule has 1 atom stereocenters. The van der Waals surface area contributed by atoms with Gasteiger partial charge in [0.15, 0.2) is 0 Å². The highest BCUT2D eigenvalue weighted by Crippen LogP contribution is 2.19. The number of hydrogen-bond acceptors (Lipinski definition) is 6. The number of morpholine rings is 1. The molecule has 1 fully saturated rings. The van der Waals surface area contributed by atoms with E-state index in [-0.39, 0.29) is 11.7 Å². The average Bonchev–Trinajstić information content (AvgIpc) is 2.58. The summed E-state index contributed by atoms with van der Waals surface area (Å²) in [5, 5.41) is 0. The van der Waals surface area contributed by atoms with Crippen LogP contribution in [0.5, 0.6) is 0 Å². The van der Waals surface area contributed by atoms with Crippen LogP contribution in [-0.4, -0.2) is 45.3 Å². The molecule has 0 N–H and O–H groups in total. The maximum absolute atomic E-state index is 12.2. The van der Waals surface area contributed by atoms with Gasteiger partial charge >= 0.3 is 0 Å². The van der Waals surface area contributed by atoms with Crippen molar-refractivity contribution in [3.8, 4) is 11.4 Å². The topological polar surface area (TPSA) is 73.1 Å². The Morgan fingerprint density at radius 3 is 3.00 bits per heavy atom. The molecule has 1 saturated heterocycles. The van der Waals surface area contributed by atoms with Gasteiger partial charge in [0.1, 0.15) is 6.33 Å². The third kappa shape index (κ3) is 2.85. The van der Waals surface area contributed by atoms with E-state index in [1.807, 2.05) is 0 Å². The van der Waals surface area contributed by atoms with E-state index in [0.717, 1.165) is 19.5 Å². The van der Waals surface area contributed by atoms with E-state index in [9.17, 15) is 4.79 Å². The number of rotatable bonds is 3. The zero-order valence-corrected chi connectivity index (χ0v) is 12.8. The monoisotopic (exact) mass is 301 g/mol. The molecule has 3 rings (SSSR count). The first-order valence-corrected chi connectivity index (χ1v) is 7.40. The summed E-state index contributed by atoms with van der Waals surface area (Å²) in [5.41, 5.74) is 1.12. The van der Waals surface area contributed by atoms with Gasteiger partial charge in [0.25, 0.3) is 5.56 Å². The molecule has 7 heteroatoms. The normalized spacial score (nSPS) is 18.5. The Bertz CT molecular complexity index is 701. The fourth-order valence-electron chi connectivity index (χ4n) is 2.53. The van der Waals surface area contributed by atoms with Crippen LogP contribution in [0.4, 0.5) is 5.95 Å². The summed E-state index contributed by atoms with van der Waals surface area (Å²) in [5.74, 6) is 0.655. The number of ether oxygens (including phenoxy) is 1. The van der Waals surface area contributed by atoms with Crippen molar-refractivity contribution in [2.45, 2.75) is 19.4 Å². The van der Waals surface area contributed by atoms with Crippen LogP contribution in [0.25, 0.3) is 11.4 Å². The van der Waals surface area contributed by atoms with E-state index in [0.29, 0.717) is 23.9 Å². The van der Waals surface area contributed by atoms with E-state index in [1.165, 1.54) is 12.4 Å². The van der Waals surface area contributed by atoms with Crippen LogP contribution >= 0.6 is 0 Å². The molecule has 22 heavy (non-hydrogen) atoms. The second-order valence-corrected chi connectivity index (χ2v) is 5.28. The van der Waals surface area contributed by atoms with E-state index >= 15 is 0 Å². The highest BCUT2D eigenvalue weighted by Gasteiger charge is 2.22. The molecule has 1 unspecified atom stereocenters. The first kappa shape index (κ1) is 14.6. The summed E-state index contributed by atoms with van der Waals surface area (Å²) in [4.78, 5) is 27.1. The van der Waals surface area contributed by atoms with Crippen LogP contribution < -0.4 is 10.5 Å². The Balaban J connectivity index is 2.00. The van der Waals surface area contributed by atoms with Gasteiger partial charge in [-0.05, 0) is 12.5 Å². The molecule has 2 aromatic rings.